The van der Waals surface area contributed by atoms with Crippen LogP contribution < -0.4 is 10.6 Å². The lowest BCUT2D eigenvalue weighted by Crippen LogP contribution is -2.11. The summed E-state index contributed by atoms with van der Waals surface area (Å²) in [5.41, 5.74) is 3.02. The number of carbonyl (C=O) groups is 1. The molecule has 132 valence electrons. The van der Waals surface area contributed by atoms with E-state index < -0.39 is 0 Å². The van der Waals surface area contributed by atoms with Crippen molar-refractivity contribution in [1.29, 1.82) is 0 Å². The van der Waals surface area contributed by atoms with Crippen molar-refractivity contribution in [2.24, 2.45) is 0 Å². The summed E-state index contributed by atoms with van der Waals surface area (Å²) >= 11 is 0. The number of hydrogen-bond donors (Lipinski definition) is 2. The molecule has 0 radical (unpaired) electrons. The Morgan fingerprint density at radius 2 is 1.52 bits per heavy atom. The van der Waals surface area contributed by atoms with E-state index in [9.17, 15) is 4.79 Å². The van der Waals surface area contributed by atoms with Gasteiger partial charge in [-0.05, 0) is 42.5 Å². The molecule has 6 nitrogen and oxygen atoms in total. The van der Waals surface area contributed by atoms with Crippen molar-refractivity contribution in [2.75, 3.05) is 10.6 Å². The average molecular weight is 355 g/mol. The Morgan fingerprint density at radius 1 is 0.815 bits per heavy atom. The first kappa shape index (κ1) is 16.5. The van der Waals surface area contributed by atoms with Gasteiger partial charge in [-0.15, -0.1) is 5.10 Å². The third kappa shape index (κ3) is 4.01. The highest BCUT2D eigenvalue weighted by atomic mass is 16.1. The van der Waals surface area contributed by atoms with Gasteiger partial charge in [0.15, 0.2) is 0 Å². The number of carbonyl (C=O) groups excluding carboxylic acids is 1. The molecule has 1 amide bonds. The van der Waals surface area contributed by atoms with E-state index in [4.69, 9.17) is 0 Å². The smallest absolute Gasteiger partial charge is 0.255 e. The molecule has 2 N–H and O–H groups in total. The van der Waals surface area contributed by atoms with E-state index in [0.29, 0.717) is 17.2 Å². The lowest BCUT2D eigenvalue weighted by atomic mass is 10.2. The molecule has 4 aromatic rings. The van der Waals surface area contributed by atoms with Gasteiger partial charge in [-0.3, -0.25) is 4.79 Å². The summed E-state index contributed by atoms with van der Waals surface area (Å²) in [5, 5.41) is 10.5. The standard InChI is InChI=1S/C21H17N5O/c27-20(16-8-3-1-4-9-16)23-17-10-7-11-18(14-17)24-21-22-15-26(25-21)19-12-5-2-6-13-19/h1-15H,(H,23,27)(H,24,25). The Kier molecular flexibility index (Phi) is 4.61. The summed E-state index contributed by atoms with van der Waals surface area (Å²) in [6.45, 7) is 0. The van der Waals surface area contributed by atoms with Crippen molar-refractivity contribution in [3.8, 4) is 5.69 Å². The average Bonchev–Trinajstić information content (AvgIpc) is 3.18. The van der Waals surface area contributed by atoms with Gasteiger partial charge in [-0.25, -0.2) is 4.68 Å². The van der Waals surface area contributed by atoms with Crippen LogP contribution >= 0.6 is 0 Å². The Morgan fingerprint density at radius 3 is 2.30 bits per heavy atom. The number of aromatic nitrogens is 3. The van der Waals surface area contributed by atoms with Crippen LogP contribution in [0.4, 0.5) is 17.3 Å². The molecule has 0 saturated carbocycles. The van der Waals surface area contributed by atoms with E-state index in [1.807, 2.05) is 72.8 Å². The minimum absolute atomic E-state index is 0.153. The fourth-order valence-corrected chi connectivity index (χ4v) is 2.62. The van der Waals surface area contributed by atoms with Gasteiger partial charge in [-0.1, -0.05) is 42.5 Å². The van der Waals surface area contributed by atoms with E-state index in [1.165, 1.54) is 0 Å². The first-order chi connectivity index (χ1) is 13.3. The van der Waals surface area contributed by atoms with Gasteiger partial charge in [0.25, 0.3) is 5.91 Å². The van der Waals surface area contributed by atoms with Gasteiger partial charge in [-0.2, -0.15) is 4.98 Å². The van der Waals surface area contributed by atoms with Crippen molar-refractivity contribution < 1.29 is 4.79 Å². The first-order valence-electron chi connectivity index (χ1n) is 8.48. The number of nitrogens with zero attached hydrogens (tertiary/aromatic N) is 3. The number of nitrogens with one attached hydrogen (secondary N) is 2. The zero-order valence-electron chi connectivity index (χ0n) is 14.4. The Hall–Kier alpha value is -3.93. The minimum atomic E-state index is -0.153. The number of para-hydroxylation sites is 1. The quantitative estimate of drug-likeness (QED) is 0.561. The second-order valence-electron chi connectivity index (χ2n) is 5.87. The molecule has 1 heterocycles. The van der Waals surface area contributed by atoms with Crippen LogP contribution in [-0.4, -0.2) is 20.7 Å². The molecule has 0 bridgehead atoms. The Labute approximate surface area is 156 Å². The largest absolute Gasteiger partial charge is 0.323 e. The Bertz CT molecular complexity index is 1040. The van der Waals surface area contributed by atoms with Crippen LogP contribution in [-0.2, 0) is 0 Å². The maximum atomic E-state index is 12.3. The molecular weight excluding hydrogens is 338 g/mol. The van der Waals surface area contributed by atoms with E-state index in [1.54, 1.807) is 23.1 Å². The van der Waals surface area contributed by atoms with Gasteiger partial charge in [0, 0.05) is 16.9 Å². The number of rotatable bonds is 5. The molecule has 0 atom stereocenters. The van der Waals surface area contributed by atoms with Crippen molar-refractivity contribution in [1.82, 2.24) is 14.8 Å². The highest BCUT2D eigenvalue weighted by molar-refractivity contribution is 6.04. The molecule has 0 aliphatic heterocycles. The van der Waals surface area contributed by atoms with Crippen LogP contribution in [0, 0.1) is 0 Å². The molecule has 0 aliphatic rings. The van der Waals surface area contributed by atoms with Crippen LogP contribution in [0.3, 0.4) is 0 Å². The van der Waals surface area contributed by atoms with Crippen molar-refractivity contribution >= 4 is 23.2 Å². The third-order valence-corrected chi connectivity index (χ3v) is 3.93. The normalized spacial score (nSPS) is 10.4. The van der Waals surface area contributed by atoms with Crippen molar-refractivity contribution in [3.63, 3.8) is 0 Å². The lowest BCUT2D eigenvalue weighted by Gasteiger charge is -2.08. The molecule has 1 aromatic heterocycles. The van der Waals surface area contributed by atoms with E-state index in [0.717, 1.165) is 11.4 Å². The van der Waals surface area contributed by atoms with Crippen LogP contribution in [0.5, 0.6) is 0 Å². The number of hydrogen-bond acceptors (Lipinski definition) is 4. The third-order valence-electron chi connectivity index (χ3n) is 3.93. The second-order valence-corrected chi connectivity index (χ2v) is 5.87. The van der Waals surface area contributed by atoms with Gasteiger partial charge in [0.1, 0.15) is 6.33 Å². The zero-order valence-corrected chi connectivity index (χ0v) is 14.4. The molecule has 6 heteroatoms. The van der Waals surface area contributed by atoms with Crippen molar-refractivity contribution in [2.45, 2.75) is 0 Å². The summed E-state index contributed by atoms with van der Waals surface area (Å²) in [4.78, 5) is 16.6. The van der Waals surface area contributed by atoms with Gasteiger partial charge >= 0.3 is 0 Å². The molecule has 4 rings (SSSR count). The van der Waals surface area contributed by atoms with Gasteiger partial charge in [0.2, 0.25) is 5.95 Å². The molecule has 0 aliphatic carbocycles. The molecule has 0 spiro atoms. The molecule has 3 aromatic carbocycles. The summed E-state index contributed by atoms with van der Waals surface area (Å²) in [5.74, 6) is 0.324. The summed E-state index contributed by atoms with van der Waals surface area (Å²) in [7, 11) is 0. The second kappa shape index (κ2) is 7.53. The highest BCUT2D eigenvalue weighted by Gasteiger charge is 2.07. The number of benzene rings is 3. The van der Waals surface area contributed by atoms with Crippen LogP contribution in [0.15, 0.2) is 91.3 Å². The minimum Gasteiger partial charge on any atom is -0.323 e. The van der Waals surface area contributed by atoms with E-state index >= 15 is 0 Å². The predicted octanol–water partition coefficient (Wildman–Crippen LogP) is 4.26. The SMILES string of the molecule is O=C(Nc1cccc(Nc2ncn(-c3ccccc3)n2)c1)c1ccccc1. The maximum absolute atomic E-state index is 12.3. The number of anilines is 3. The summed E-state index contributed by atoms with van der Waals surface area (Å²) < 4.78 is 1.70. The zero-order chi connectivity index (χ0) is 18.5. The van der Waals surface area contributed by atoms with Crippen LogP contribution in [0.2, 0.25) is 0 Å². The highest BCUT2D eigenvalue weighted by Crippen LogP contribution is 2.19. The molecule has 0 saturated heterocycles. The van der Waals surface area contributed by atoms with Crippen LogP contribution in [0.1, 0.15) is 10.4 Å². The van der Waals surface area contributed by atoms with Crippen LogP contribution in [0.25, 0.3) is 5.69 Å². The first-order valence-corrected chi connectivity index (χ1v) is 8.48. The topological polar surface area (TPSA) is 71.8 Å². The van der Waals surface area contributed by atoms with Gasteiger partial charge < -0.3 is 10.6 Å². The predicted molar refractivity (Wildman–Crippen MR) is 105 cm³/mol. The summed E-state index contributed by atoms with van der Waals surface area (Å²) in [6.07, 6.45) is 1.65. The van der Waals surface area contributed by atoms with Gasteiger partial charge in [0.05, 0.1) is 5.69 Å². The van der Waals surface area contributed by atoms with E-state index in [2.05, 4.69) is 20.7 Å². The summed E-state index contributed by atoms with van der Waals surface area (Å²) in [6, 6.07) is 26.3. The molecular formula is C21H17N5O. The van der Waals surface area contributed by atoms with Crippen molar-refractivity contribution in [3.05, 3.63) is 96.8 Å². The monoisotopic (exact) mass is 355 g/mol. The fraction of sp³-hybridized carbons (Fsp3) is 0. The molecule has 0 fully saturated rings. The Balaban J connectivity index is 1.47. The molecule has 0 unspecified atom stereocenters. The molecule has 27 heavy (non-hydrogen) atoms. The lowest BCUT2D eigenvalue weighted by molar-refractivity contribution is 0.102. The fourth-order valence-electron chi connectivity index (χ4n) is 2.62. The van der Waals surface area contributed by atoms with E-state index in [-0.39, 0.29) is 5.91 Å². The number of amides is 1. The maximum Gasteiger partial charge on any atom is 0.255 e.